The fourth-order valence-electron chi connectivity index (χ4n) is 1.53. The largest absolute Gasteiger partial charge is 0.393 e. The van der Waals surface area contributed by atoms with Crippen LogP contribution in [0.2, 0.25) is 0 Å². The van der Waals surface area contributed by atoms with Gasteiger partial charge in [0.15, 0.2) is 0 Å². The molecule has 1 heterocycles. The molecule has 2 heteroatoms. The van der Waals surface area contributed by atoms with Crippen molar-refractivity contribution in [3.8, 4) is 0 Å². The van der Waals surface area contributed by atoms with E-state index in [0.717, 1.165) is 12.8 Å². The van der Waals surface area contributed by atoms with Crippen LogP contribution in [0.3, 0.4) is 0 Å². The maximum absolute atomic E-state index is 9.21. The van der Waals surface area contributed by atoms with Gasteiger partial charge in [-0.3, -0.25) is 0 Å². The van der Waals surface area contributed by atoms with Gasteiger partial charge in [0.1, 0.15) is 0 Å². The van der Waals surface area contributed by atoms with Gasteiger partial charge in [0.05, 0.1) is 6.10 Å². The Morgan fingerprint density at radius 2 is 1.67 bits per heavy atom. The van der Waals surface area contributed by atoms with Gasteiger partial charge in [-0.05, 0) is 26.7 Å². The Morgan fingerprint density at radius 1 is 1.22 bits per heavy atom. The van der Waals surface area contributed by atoms with Crippen molar-refractivity contribution in [3.05, 3.63) is 0 Å². The summed E-state index contributed by atoms with van der Waals surface area (Å²) in [4.78, 5) is 0. The summed E-state index contributed by atoms with van der Waals surface area (Å²) in [7, 11) is 0. The Bertz CT molecular complexity index is 69.9. The van der Waals surface area contributed by atoms with Crippen LogP contribution in [-0.2, 0) is 0 Å². The third-order valence-corrected chi connectivity index (χ3v) is 1.82. The first-order chi connectivity index (χ1) is 4.18. The molecule has 54 valence electrons. The van der Waals surface area contributed by atoms with Crippen molar-refractivity contribution in [2.45, 2.75) is 44.9 Å². The van der Waals surface area contributed by atoms with Crippen LogP contribution in [0.4, 0.5) is 0 Å². The van der Waals surface area contributed by atoms with Crippen LogP contribution in [0.25, 0.3) is 0 Å². The van der Waals surface area contributed by atoms with Crippen molar-refractivity contribution in [2.75, 3.05) is 0 Å². The number of aliphatic hydroxyl groups excluding tert-OH is 1. The molecule has 2 N–H and O–H groups in total. The van der Waals surface area contributed by atoms with Crippen LogP contribution in [0.15, 0.2) is 0 Å². The summed E-state index contributed by atoms with van der Waals surface area (Å²) >= 11 is 0. The molecule has 2 unspecified atom stereocenters. The smallest absolute Gasteiger partial charge is 0.0569 e. The predicted molar refractivity (Wildman–Crippen MR) is 37.3 cm³/mol. The van der Waals surface area contributed by atoms with E-state index in [1.54, 1.807) is 0 Å². The SMILES string of the molecule is CC1CC(O)CC(C)N1. The number of rotatable bonds is 0. The molecule has 9 heavy (non-hydrogen) atoms. The molecule has 2 nitrogen and oxygen atoms in total. The van der Waals surface area contributed by atoms with Gasteiger partial charge >= 0.3 is 0 Å². The molecule has 2 atom stereocenters. The monoisotopic (exact) mass is 129 g/mol. The highest BCUT2D eigenvalue weighted by Crippen LogP contribution is 2.11. The fourth-order valence-corrected chi connectivity index (χ4v) is 1.53. The lowest BCUT2D eigenvalue weighted by Crippen LogP contribution is -2.44. The number of piperidine rings is 1. The minimum Gasteiger partial charge on any atom is -0.393 e. The molecule has 0 aromatic carbocycles. The summed E-state index contributed by atoms with van der Waals surface area (Å²) in [5.41, 5.74) is 0. The second-order valence-corrected chi connectivity index (χ2v) is 3.09. The first-order valence-corrected chi connectivity index (χ1v) is 3.62. The van der Waals surface area contributed by atoms with Crippen LogP contribution in [0, 0.1) is 0 Å². The van der Waals surface area contributed by atoms with Crippen LogP contribution >= 0.6 is 0 Å². The molecule has 1 aliphatic rings. The molecule has 0 spiro atoms. The summed E-state index contributed by atoms with van der Waals surface area (Å²) in [6, 6.07) is 0.979. The molecular formula is C7H15NO. The third kappa shape index (κ3) is 1.95. The number of aliphatic hydroxyl groups is 1. The molecule has 0 aromatic heterocycles. The average molecular weight is 129 g/mol. The third-order valence-electron chi connectivity index (χ3n) is 1.82. The fraction of sp³-hybridized carbons (Fsp3) is 1.00. The standard InChI is InChI=1S/C7H15NO/c1-5-3-7(9)4-6(2)8-5/h5-9H,3-4H2,1-2H3. The van der Waals surface area contributed by atoms with Gasteiger partial charge in [-0.1, -0.05) is 0 Å². The van der Waals surface area contributed by atoms with Crippen molar-refractivity contribution in [3.63, 3.8) is 0 Å². The van der Waals surface area contributed by atoms with E-state index < -0.39 is 0 Å². The van der Waals surface area contributed by atoms with Crippen molar-refractivity contribution < 1.29 is 5.11 Å². The van der Waals surface area contributed by atoms with E-state index in [0.29, 0.717) is 12.1 Å². The van der Waals surface area contributed by atoms with Gasteiger partial charge in [-0.2, -0.15) is 0 Å². The normalized spacial score (nSPS) is 45.0. The van der Waals surface area contributed by atoms with Crippen molar-refractivity contribution >= 4 is 0 Å². The zero-order valence-corrected chi connectivity index (χ0v) is 6.09. The van der Waals surface area contributed by atoms with E-state index >= 15 is 0 Å². The van der Waals surface area contributed by atoms with E-state index in [1.165, 1.54) is 0 Å². The summed E-state index contributed by atoms with van der Waals surface area (Å²) < 4.78 is 0. The molecule has 1 rings (SSSR count). The number of hydrogen-bond acceptors (Lipinski definition) is 2. The van der Waals surface area contributed by atoms with Gasteiger partial charge < -0.3 is 10.4 Å². The number of hydrogen-bond donors (Lipinski definition) is 2. The zero-order chi connectivity index (χ0) is 6.85. The van der Waals surface area contributed by atoms with E-state index in [-0.39, 0.29) is 6.10 Å². The maximum Gasteiger partial charge on any atom is 0.0569 e. The molecule has 1 saturated heterocycles. The van der Waals surface area contributed by atoms with Gasteiger partial charge in [-0.15, -0.1) is 0 Å². The second kappa shape index (κ2) is 2.67. The quantitative estimate of drug-likeness (QED) is 0.499. The van der Waals surface area contributed by atoms with E-state index in [4.69, 9.17) is 0 Å². The lowest BCUT2D eigenvalue weighted by atomic mass is 9.98. The Balaban J connectivity index is 2.34. The Kier molecular flexibility index (Phi) is 2.09. The Hall–Kier alpha value is -0.0800. The van der Waals surface area contributed by atoms with Crippen LogP contribution in [0.5, 0.6) is 0 Å². The van der Waals surface area contributed by atoms with Gasteiger partial charge in [0, 0.05) is 12.1 Å². The highest BCUT2D eigenvalue weighted by molar-refractivity contribution is 4.79. The lowest BCUT2D eigenvalue weighted by molar-refractivity contribution is 0.102. The molecule has 1 fully saturated rings. The Morgan fingerprint density at radius 3 is 2.00 bits per heavy atom. The van der Waals surface area contributed by atoms with E-state index in [1.807, 2.05) is 0 Å². The van der Waals surface area contributed by atoms with E-state index in [2.05, 4.69) is 19.2 Å². The first-order valence-electron chi connectivity index (χ1n) is 3.62. The summed E-state index contributed by atoms with van der Waals surface area (Å²) in [5.74, 6) is 0. The highest BCUT2D eigenvalue weighted by Gasteiger charge is 2.20. The minimum absolute atomic E-state index is 0.0729. The van der Waals surface area contributed by atoms with Gasteiger partial charge in [-0.25, -0.2) is 0 Å². The maximum atomic E-state index is 9.21. The highest BCUT2D eigenvalue weighted by atomic mass is 16.3. The summed E-state index contributed by atoms with van der Waals surface area (Å²) in [5, 5.41) is 12.6. The van der Waals surface area contributed by atoms with Gasteiger partial charge in [0.25, 0.3) is 0 Å². The van der Waals surface area contributed by atoms with Crippen LogP contribution < -0.4 is 5.32 Å². The van der Waals surface area contributed by atoms with Gasteiger partial charge in [0.2, 0.25) is 0 Å². The zero-order valence-electron chi connectivity index (χ0n) is 6.09. The van der Waals surface area contributed by atoms with E-state index in [9.17, 15) is 5.11 Å². The molecule has 0 aromatic rings. The van der Waals surface area contributed by atoms with Crippen molar-refractivity contribution in [1.82, 2.24) is 5.32 Å². The molecule has 1 aliphatic heterocycles. The topological polar surface area (TPSA) is 32.3 Å². The summed E-state index contributed by atoms with van der Waals surface area (Å²) in [6.45, 7) is 4.22. The second-order valence-electron chi connectivity index (χ2n) is 3.09. The molecule has 0 amide bonds. The average Bonchev–Trinajstić information content (AvgIpc) is 1.59. The molecule has 0 bridgehead atoms. The molecular weight excluding hydrogens is 114 g/mol. The van der Waals surface area contributed by atoms with Crippen LogP contribution in [0.1, 0.15) is 26.7 Å². The van der Waals surface area contributed by atoms with Crippen molar-refractivity contribution in [2.24, 2.45) is 0 Å². The predicted octanol–water partition coefficient (Wildman–Crippen LogP) is 0.508. The van der Waals surface area contributed by atoms with Crippen molar-refractivity contribution in [1.29, 1.82) is 0 Å². The number of nitrogens with one attached hydrogen (secondary N) is 1. The Labute approximate surface area is 56.3 Å². The molecule has 0 saturated carbocycles. The first kappa shape index (κ1) is 7.03. The minimum atomic E-state index is -0.0729. The van der Waals surface area contributed by atoms with Crippen LogP contribution in [-0.4, -0.2) is 23.3 Å². The molecule has 0 aliphatic carbocycles. The summed E-state index contributed by atoms with van der Waals surface area (Å²) in [6.07, 6.45) is 1.74. The lowest BCUT2D eigenvalue weighted by Gasteiger charge is -2.29. The molecule has 0 radical (unpaired) electrons.